The molecule has 3 aromatic rings. The Labute approximate surface area is 135 Å². The summed E-state index contributed by atoms with van der Waals surface area (Å²) in [6, 6.07) is 8.68. The molecule has 0 radical (unpaired) electrons. The number of aromatic nitrogens is 2. The predicted octanol–water partition coefficient (Wildman–Crippen LogP) is 1.41. The summed E-state index contributed by atoms with van der Waals surface area (Å²) in [5, 5.41) is 4.28. The summed E-state index contributed by atoms with van der Waals surface area (Å²) in [5.74, 6) is -0.293. The van der Waals surface area contributed by atoms with E-state index in [1.807, 2.05) is 16.8 Å². The molecule has 0 bridgehead atoms. The minimum absolute atomic E-state index is 0.278. The number of benzene rings is 1. The fourth-order valence-corrected chi connectivity index (χ4v) is 3.00. The Bertz CT molecular complexity index is 957. The van der Waals surface area contributed by atoms with Crippen molar-refractivity contribution in [3.05, 3.63) is 67.5 Å². The molecule has 7 heteroatoms. The first-order valence-corrected chi connectivity index (χ1v) is 7.97. The average Bonchev–Trinajstić information content (AvgIpc) is 3.04. The van der Waals surface area contributed by atoms with Crippen molar-refractivity contribution in [2.75, 3.05) is 7.05 Å². The van der Waals surface area contributed by atoms with Crippen LogP contribution in [0, 0.1) is 0 Å². The minimum atomic E-state index is -0.578. The van der Waals surface area contributed by atoms with Crippen LogP contribution in [0.15, 0.2) is 50.7 Å². The second-order valence-electron chi connectivity index (χ2n) is 5.25. The number of carbonyl (C=O) groups is 1. The summed E-state index contributed by atoms with van der Waals surface area (Å²) in [7, 11) is 1.65. The molecule has 0 unspecified atom stereocenters. The van der Waals surface area contributed by atoms with Crippen LogP contribution in [0.2, 0.25) is 0 Å². The smallest absolute Gasteiger partial charge is 0.329 e. The number of thiophene rings is 1. The number of aromatic amines is 1. The summed E-state index contributed by atoms with van der Waals surface area (Å²) in [4.78, 5) is 40.9. The van der Waals surface area contributed by atoms with Crippen molar-refractivity contribution in [3.8, 4) is 0 Å². The van der Waals surface area contributed by atoms with Gasteiger partial charge in [0.1, 0.15) is 6.54 Å². The van der Waals surface area contributed by atoms with Crippen LogP contribution in [0.3, 0.4) is 0 Å². The van der Waals surface area contributed by atoms with E-state index in [1.165, 1.54) is 4.90 Å². The Morgan fingerprint density at radius 1 is 1.26 bits per heavy atom. The van der Waals surface area contributed by atoms with Gasteiger partial charge in [-0.3, -0.25) is 14.2 Å². The molecule has 1 aromatic carbocycles. The lowest BCUT2D eigenvalue weighted by Gasteiger charge is -2.17. The molecule has 0 spiro atoms. The number of para-hydroxylation sites is 1. The van der Waals surface area contributed by atoms with E-state index in [9.17, 15) is 14.4 Å². The van der Waals surface area contributed by atoms with Crippen molar-refractivity contribution >= 4 is 28.1 Å². The lowest BCUT2D eigenvalue weighted by Crippen LogP contribution is -2.41. The maximum Gasteiger partial charge on any atom is 0.329 e. The molecule has 118 valence electrons. The maximum atomic E-state index is 12.4. The Hall–Kier alpha value is -2.67. The quantitative estimate of drug-likeness (QED) is 0.786. The largest absolute Gasteiger partial charge is 0.340 e. The van der Waals surface area contributed by atoms with E-state index in [0.29, 0.717) is 17.4 Å². The van der Waals surface area contributed by atoms with E-state index in [4.69, 9.17) is 0 Å². The number of rotatable bonds is 4. The molecule has 0 atom stereocenters. The van der Waals surface area contributed by atoms with Crippen molar-refractivity contribution in [1.29, 1.82) is 0 Å². The zero-order chi connectivity index (χ0) is 16.4. The Balaban J connectivity index is 1.87. The number of hydrogen-bond donors (Lipinski definition) is 1. The summed E-state index contributed by atoms with van der Waals surface area (Å²) >= 11 is 1.56. The molecule has 0 aliphatic rings. The zero-order valence-corrected chi connectivity index (χ0v) is 13.3. The van der Waals surface area contributed by atoms with Crippen LogP contribution >= 0.6 is 11.3 Å². The monoisotopic (exact) mass is 329 g/mol. The van der Waals surface area contributed by atoms with Crippen LogP contribution in [0.4, 0.5) is 0 Å². The van der Waals surface area contributed by atoms with Crippen molar-refractivity contribution < 1.29 is 4.79 Å². The van der Waals surface area contributed by atoms with Gasteiger partial charge in [-0.1, -0.05) is 12.1 Å². The van der Waals surface area contributed by atoms with Gasteiger partial charge in [-0.15, -0.1) is 0 Å². The summed E-state index contributed by atoms with van der Waals surface area (Å²) < 4.78 is 0.939. The van der Waals surface area contributed by atoms with Crippen LogP contribution in [-0.4, -0.2) is 27.4 Å². The minimum Gasteiger partial charge on any atom is -0.340 e. The summed E-state index contributed by atoms with van der Waals surface area (Å²) in [6.45, 7) is 0.169. The molecule has 0 fully saturated rings. The van der Waals surface area contributed by atoms with Crippen LogP contribution < -0.4 is 11.2 Å². The highest BCUT2D eigenvalue weighted by molar-refractivity contribution is 7.07. The van der Waals surface area contributed by atoms with Gasteiger partial charge in [0.25, 0.3) is 5.56 Å². The van der Waals surface area contributed by atoms with Crippen LogP contribution in [0.1, 0.15) is 5.56 Å². The molecular formula is C16H15N3O3S. The fourth-order valence-electron chi connectivity index (χ4n) is 2.34. The molecule has 6 nitrogen and oxygen atoms in total. The number of carbonyl (C=O) groups excluding carboxylic acids is 1. The third-order valence-corrected chi connectivity index (χ3v) is 4.34. The molecule has 3 rings (SSSR count). The Morgan fingerprint density at radius 3 is 2.78 bits per heavy atom. The van der Waals surface area contributed by atoms with Gasteiger partial charge in [-0.2, -0.15) is 11.3 Å². The molecule has 23 heavy (non-hydrogen) atoms. The first-order valence-electron chi connectivity index (χ1n) is 7.03. The van der Waals surface area contributed by atoms with Gasteiger partial charge in [0.15, 0.2) is 0 Å². The highest BCUT2D eigenvalue weighted by atomic mass is 32.1. The van der Waals surface area contributed by atoms with Gasteiger partial charge in [-0.05, 0) is 34.5 Å². The number of H-pyrrole nitrogens is 1. The van der Waals surface area contributed by atoms with Crippen LogP contribution in [0.5, 0.6) is 0 Å². The van der Waals surface area contributed by atoms with E-state index >= 15 is 0 Å². The number of hydrogen-bond acceptors (Lipinski definition) is 4. The standard InChI is InChI=1S/C16H15N3O3S/c1-18(8-11-6-7-23-10-11)14(20)9-19-15(21)12-4-2-3-5-13(12)17-16(19)22/h2-7,10H,8-9H2,1H3,(H,17,22). The molecule has 2 heterocycles. The van der Waals surface area contributed by atoms with Crippen molar-refractivity contribution in [3.63, 3.8) is 0 Å². The maximum absolute atomic E-state index is 12.4. The number of likely N-dealkylation sites (N-methyl/N-ethyl adjacent to an activating group) is 1. The van der Waals surface area contributed by atoms with Gasteiger partial charge in [0, 0.05) is 13.6 Å². The highest BCUT2D eigenvalue weighted by Crippen LogP contribution is 2.08. The van der Waals surface area contributed by atoms with Gasteiger partial charge in [-0.25, -0.2) is 4.79 Å². The van der Waals surface area contributed by atoms with E-state index in [2.05, 4.69) is 4.98 Å². The van der Waals surface area contributed by atoms with E-state index in [0.717, 1.165) is 10.1 Å². The number of amides is 1. The van der Waals surface area contributed by atoms with Crippen molar-refractivity contribution in [2.45, 2.75) is 13.1 Å². The highest BCUT2D eigenvalue weighted by Gasteiger charge is 2.14. The third-order valence-electron chi connectivity index (χ3n) is 3.61. The molecule has 2 aromatic heterocycles. The van der Waals surface area contributed by atoms with Gasteiger partial charge in [0.2, 0.25) is 5.91 Å². The molecule has 0 saturated heterocycles. The molecule has 0 aliphatic heterocycles. The number of nitrogens with one attached hydrogen (secondary N) is 1. The lowest BCUT2D eigenvalue weighted by molar-refractivity contribution is -0.131. The topological polar surface area (TPSA) is 75.2 Å². The first-order chi connectivity index (χ1) is 11.1. The van der Waals surface area contributed by atoms with E-state index in [-0.39, 0.29) is 12.5 Å². The predicted molar refractivity (Wildman–Crippen MR) is 89.6 cm³/mol. The summed E-state index contributed by atoms with van der Waals surface area (Å²) in [6.07, 6.45) is 0. The molecule has 0 saturated carbocycles. The molecular weight excluding hydrogens is 314 g/mol. The zero-order valence-electron chi connectivity index (χ0n) is 12.5. The van der Waals surface area contributed by atoms with Gasteiger partial charge in [0.05, 0.1) is 10.9 Å². The second kappa shape index (κ2) is 6.21. The summed E-state index contributed by atoms with van der Waals surface area (Å²) in [5.41, 5.74) is 0.455. The normalized spacial score (nSPS) is 10.8. The number of fused-ring (bicyclic) bond motifs is 1. The first kappa shape index (κ1) is 15.2. The van der Waals surface area contributed by atoms with Gasteiger partial charge >= 0.3 is 5.69 Å². The second-order valence-corrected chi connectivity index (χ2v) is 6.03. The Kier molecular flexibility index (Phi) is 4.12. The molecule has 1 N–H and O–H groups in total. The number of nitrogens with zero attached hydrogens (tertiary/aromatic N) is 2. The van der Waals surface area contributed by atoms with Gasteiger partial charge < -0.3 is 9.88 Å². The van der Waals surface area contributed by atoms with E-state index in [1.54, 1.807) is 42.6 Å². The van der Waals surface area contributed by atoms with Crippen molar-refractivity contribution in [2.24, 2.45) is 0 Å². The average molecular weight is 329 g/mol. The molecule has 0 aliphatic carbocycles. The van der Waals surface area contributed by atoms with Crippen LogP contribution in [0.25, 0.3) is 10.9 Å². The fraction of sp³-hybridized carbons (Fsp3) is 0.188. The molecule has 1 amide bonds. The van der Waals surface area contributed by atoms with Crippen molar-refractivity contribution in [1.82, 2.24) is 14.5 Å². The SMILES string of the molecule is CN(Cc1ccsc1)C(=O)Cn1c(=O)[nH]c2ccccc2c1=O. The lowest BCUT2D eigenvalue weighted by atomic mass is 10.2. The van der Waals surface area contributed by atoms with Crippen LogP contribution in [-0.2, 0) is 17.9 Å². The Morgan fingerprint density at radius 2 is 2.04 bits per heavy atom. The third kappa shape index (κ3) is 3.09. The van der Waals surface area contributed by atoms with E-state index < -0.39 is 11.2 Å².